The van der Waals surface area contributed by atoms with Crippen molar-refractivity contribution in [1.82, 2.24) is 0 Å². The zero-order chi connectivity index (χ0) is 12.7. The van der Waals surface area contributed by atoms with Gasteiger partial charge in [-0.25, -0.2) is 4.79 Å². The van der Waals surface area contributed by atoms with Crippen LogP contribution in [0.5, 0.6) is 0 Å². The van der Waals surface area contributed by atoms with Crippen LogP contribution in [0.1, 0.15) is 23.5 Å². The molecule has 90 valence electrons. The Bertz CT molecular complexity index is 586. The van der Waals surface area contributed by atoms with Gasteiger partial charge in [0.1, 0.15) is 12.1 Å². The first kappa shape index (κ1) is 10.8. The Balaban J connectivity index is 2.15. The number of aliphatic carboxylic acids is 1. The summed E-state index contributed by atoms with van der Waals surface area (Å²) < 4.78 is 0. The Morgan fingerprint density at radius 1 is 1.50 bits per heavy atom. The van der Waals surface area contributed by atoms with Gasteiger partial charge in [0.05, 0.1) is 11.3 Å². The minimum atomic E-state index is -0.855. The fraction of sp³-hybridized carbons (Fsp3) is 0.286. The van der Waals surface area contributed by atoms with Crippen molar-refractivity contribution >= 4 is 11.7 Å². The first-order valence-corrected chi connectivity index (χ1v) is 5.91. The zero-order valence-electron chi connectivity index (χ0n) is 9.63. The predicted molar refractivity (Wildman–Crippen MR) is 66.2 cm³/mol. The average molecular weight is 240 g/mol. The molecule has 0 saturated heterocycles. The molecule has 0 aromatic heterocycles. The van der Waals surface area contributed by atoms with Gasteiger partial charge < -0.3 is 10.4 Å². The molecule has 0 spiro atoms. The van der Waals surface area contributed by atoms with E-state index in [0.29, 0.717) is 11.3 Å². The molecule has 3 rings (SSSR count). The van der Waals surface area contributed by atoms with E-state index >= 15 is 0 Å². The zero-order valence-corrected chi connectivity index (χ0v) is 9.63. The number of nitrogens with one attached hydrogen (secondary N) is 1. The number of nitrogens with zero attached hydrogens (tertiary/aromatic N) is 1. The second-order valence-corrected chi connectivity index (χ2v) is 4.70. The lowest BCUT2D eigenvalue weighted by molar-refractivity contribution is -0.139. The van der Waals surface area contributed by atoms with Crippen molar-refractivity contribution in [2.24, 2.45) is 5.92 Å². The summed E-state index contributed by atoms with van der Waals surface area (Å²) in [4.78, 5) is 11.3. The molecular weight excluding hydrogens is 228 g/mol. The first-order chi connectivity index (χ1) is 8.72. The molecule has 4 heteroatoms. The van der Waals surface area contributed by atoms with E-state index < -0.39 is 12.0 Å². The summed E-state index contributed by atoms with van der Waals surface area (Å²) in [5.41, 5.74) is 2.23. The van der Waals surface area contributed by atoms with Crippen molar-refractivity contribution in [1.29, 1.82) is 5.26 Å². The lowest BCUT2D eigenvalue weighted by atomic mass is 9.78. The molecule has 18 heavy (non-hydrogen) atoms. The molecule has 1 aromatic carbocycles. The van der Waals surface area contributed by atoms with E-state index in [-0.39, 0.29) is 11.8 Å². The highest BCUT2D eigenvalue weighted by Crippen LogP contribution is 2.45. The SMILES string of the molecule is N#Cc1cccc2c1N[C@@H](C(=O)O)[C@H]1CC=C[C@H]21. The number of carboxylic acid groups (broad SMARTS) is 1. The topological polar surface area (TPSA) is 73.1 Å². The quantitative estimate of drug-likeness (QED) is 0.737. The molecule has 0 amide bonds. The van der Waals surface area contributed by atoms with Crippen LogP contribution in [0.3, 0.4) is 0 Å². The van der Waals surface area contributed by atoms with Crippen molar-refractivity contribution in [2.45, 2.75) is 18.4 Å². The maximum Gasteiger partial charge on any atom is 0.326 e. The van der Waals surface area contributed by atoms with Crippen molar-refractivity contribution in [3.8, 4) is 6.07 Å². The highest BCUT2D eigenvalue weighted by atomic mass is 16.4. The second-order valence-electron chi connectivity index (χ2n) is 4.70. The Morgan fingerprint density at radius 3 is 3.06 bits per heavy atom. The van der Waals surface area contributed by atoms with Gasteiger partial charge >= 0.3 is 5.97 Å². The van der Waals surface area contributed by atoms with Crippen LogP contribution in [0.25, 0.3) is 0 Å². The van der Waals surface area contributed by atoms with Crippen molar-refractivity contribution in [3.63, 3.8) is 0 Å². The number of hydrogen-bond donors (Lipinski definition) is 2. The van der Waals surface area contributed by atoms with Gasteiger partial charge in [-0.05, 0) is 18.1 Å². The van der Waals surface area contributed by atoms with Gasteiger partial charge in [-0.15, -0.1) is 0 Å². The highest BCUT2D eigenvalue weighted by molar-refractivity contribution is 5.82. The molecule has 4 nitrogen and oxygen atoms in total. The van der Waals surface area contributed by atoms with Crippen molar-refractivity contribution in [3.05, 3.63) is 41.5 Å². The molecule has 0 bridgehead atoms. The molecule has 1 aliphatic carbocycles. The predicted octanol–water partition coefficient (Wildman–Crippen LogP) is 2.10. The van der Waals surface area contributed by atoms with Crippen LogP contribution in [0.15, 0.2) is 30.4 Å². The third-order valence-electron chi connectivity index (χ3n) is 3.78. The van der Waals surface area contributed by atoms with Gasteiger partial charge in [0.15, 0.2) is 0 Å². The molecule has 1 heterocycles. The van der Waals surface area contributed by atoms with Crippen LogP contribution < -0.4 is 5.32 Å². The highest BCUT2D eigenvalue weighted by Gasteiger charge is 2.41. The third-order valence-corrected chi connectivity index (χ3v) is 3.78. The number of benzene rings is 1. The number of carbonyl (C=O) groups is 1. The molecule has 1 aliphatic heterocycles. The number of anilines is 1. The second kappa shape index (κ2) is 3.88. The summed E-state index contributed by atoms with van der Waals surface area (Å²) >= 11 is 0. The Hall–Kier alpha value is -2.28. The van der Waals surface area contributed by atoms with Crippen LogP contribution in [-0.4, -0.2) is 17.1 Å². The number of para-hydroxylation sites is 1. The molecule has 3 atom stereocenters. The number of allylic oxidation sites excluding steroid dienone is 2. The van der Waals surface area contributed by atoms with E-state index in [1.807, 2.05) is 18.2 Å². The minimum absolute atomic E-state index is 0.0453. The minimum Gasteiger partial charge on any atom is -0.480 e. The van der Waals surface area contributed by atoms with E-state index in [9.17, 15) is 9.90 Å². The Kier molecular flexibility index (Phi) is 2.34. The first-order valence-electron chi connectivity index (χ1n) is 5.91. The summed E-state index contributed by atoms with van der Waals surface area (Å²) in [5, 5.41) is 21.4. The van der Waals surface area contributed by atoms with Crippen LogP contribution in [0.2, 0.25) is 0 Å². The summed E-state index contributed by atoms with van der Waals surface area (Å²) in [7, 11) is 0. The van der Waals surface area contributed by atoms with Crippen LogP contribution in [0, 0.1) is 17.2 Å². The molecule has 0 unspecified atom stereocenters. The van der Waals surface area contributed by atoms with Gasteiger partial charge in [-0.3, -0.25) is 0 Å². The van der Waals surface area contributed by atoms with Crippen LogP contribution >= 0.6 is 0 Å². The molecule has 0 radical (unpaired) electrons. The lowest BCUT2D eigenvalue weighted by Gasteiger charge is -2.35. The molecular formula is C14H12N2O2. The normalized spacial score (nSPS) is 27.8. The number of fused-ring (bicyclic) bond motifs is 3. The van der Waals surface area contributed by atoms with Gasteiger partial charge in [-0.1, -0.05) is 24.3 Å². The van der Waals surface area contributed by atoms with E-state index in [2.05, 4.69) is 17.5 Å². The van der Waals surface area contributed by atoms with E-state index in [4.69, 9.17) is 5.26 Å². The maximum atomic E-state index is 11.3. The lowest BCUT2D eigenvalue weighted by Crippen LogP contribution is -2.42. The van der Waals surface area contributed by atoms with E-state index in [1.54, 1.807) is 6.07 Å². The van der Waals surface area contributed by atoms with Gasteiger partial charge in [-0.2, -0.15) is 5.26 Å². The maximum absolute atomic E-state index is 11.3. The summed E-state index contributed by atoms with van der Waals surface area (Å²) in [5.74, 6) is -0.702. The third kappa shape index (κ3) is 1.41. The van der Waals surface area contributed by atoms with Gasteiger partial charge in [0, 0.05) is 11.8 Å². The Labute approximate surface area is 105 Å². The van der Waals surface area contributed by atoms with Crippen molar-refractivity contribution < 1.29 is 9.90 Å². The van der Waals surface area contributed by atoms with Gasteiger partial charge in [0.2, 0.25) is 0 Å². The fourth-order valence-corrected chi connectivity index (χ4v) is 2.96. The molecule has 0 saturated carbocycles. The fourth-order valence-electron chi connectivity index (χ4n) is 2.96. The smallest absolute Gasteiger partial charge is 0.326 e. The number of rotatable bonds is 1. The number of carboxylic acids is 1. The van der Waals surface area contributed by atoms with Crippen molar-refractivity contribution in [2.75, 3.05) is 5.32 Å². The molecule has 2 aliphatic rings. The average Bonchev–Trinajstić information content (AvgIpc) is 2.86. The largest absolute Gasteiger partial charge is 0.480 e. The molecule has 2 N–H and O–H groups in total. The van der Waals surface area contributed by atoms with E-state index in [1.165, 1.54) is 0 Å². The summed E-state index contributed by atoms with van der Waals surface area (Å²) in [6, 6.07) is 7.03. The monoisotopic (exact) mass is 240 g/mol. The van der Waals surface area contributed by atoms with Crippen LogP contribution in [0.4, 0.5) is 5.69 Å². The molecule has 0 fully saturated rings. The molecule has 1 aromatic rings. The van der Waals surface area contributed by atoms with Crippen LogP contribution in [-0.2, 0) is 4.79 Å². The Morgan fingerprint density at radius 2 is 2.33 bits per heavy atom. The summed E-state index contributed by atoms with van der Waals surface area (Å²) in [6.45, 7) is 0. The number of nitriles is 1. The van der Waals surface area contributed by atoms with Gasteiger partial charge in [0.25, 0.3) is 0 Å². The standard InChI is InChI=1S/C14H12N2O2/c15-7-8-3-1-5-10-9-4-2-6-11(9)13(14(17)18)16-12(8)10/h1-5,9,11,13,16H,6H2,(H,17,18)/t9-,11+,13-/m1/s1. The number of hydrogen-bond acceptors (Lipinski definition) is 3. The van der Waals surface area contributed by atoms with E-state index in [0.717, 1.165) is 12.0 Å². The summed E-state index contributed by atoms with van der Waals surface area (Å²) in [6.07, 6.45) is 4.85.